The minimum absolute atomic E-state index is 0.0536. The van der Waals surface area contributed by atoms with Crippen LogP contribution in [-0.2, 0) is 21.2 Å². The molecule has 0 amide bonds. The van der Waals surface area contributed by atoms with Crippen LogP contribution in [0.3, 0.4) is 0 Å². The Morgan fingerprint density at radius 3 is 2.60 bits per heavy atom. The van der Waals surface area contributed by atoms with Gasteiger partial charge in [-0.15, -0.1) is 0 Å². The lowest BCUT2D eigenvalue weighted by Crippen LogP contribution is -2.38. The van der Waals surface area contributed by atoms with Crippen LogP contribution < -0.4 is 0 Å². The van der Waals surface area contributed by atoms with Crippen molar-refractivity contribution < 1.29 is 18.3 Å². The number of imidazole rings is 1. The summed E-state index contributed by atoms with van der Waals surface area (Å²) in [6, 6.07) is -0.248. The number of carboxylic acid groups (broad SMARTS) is 1. The lowest BCUT2D eigenvalue weighted by atomic mass is 10.3. The Balaban J connectivity index is 2.91. The first kappa shape index (κ1) is 16.6. The molecular formula is C12H21N3O4S. The molecule has 0 aliphatic carbocycles. The number of hydrogen-bond acceptors (Lipinski definition) is 4. The maximum absolute atomic E-state index is 12.5. The van der Waals surface area contributed by atoms with Gasteiger partial charge in [-0.1, -0.05) is 6.92 Å². The fraction of sp³-hybridized carbons (Fsp3) is 0.667. The minimum atomic E-state index is -3.67. The van der Waals surface area contributed by atoms with Crippen molar-refractivity contribution >= 4 is 16.0 Å². The van der Waals surface area contributed by atoms with Crippen molar-refractivity contribution in [2.75, 3.05) is 6.54 Å². The third kappa shape index (κ3) is 4.04. The summed E-state index contributed by atoms with van der Waals surface area (Å²) in [5, 5.41) is 8.69. The largest absolute Gasteiger partial charge is 0.481 e. The summed E-state index contributed by atoms with van der Waals surface area (Å²) in [7, 11) is -3.67. The molecule has 7 nitrogen and oxygen atoms in total. The fourth-order valence-corrected chi connectivity index (χ4v) is 3.43. The highest BCUT2D eigenvalue weighted by atomic mass is 32.2. The predicted molar refractivity (Wildman–Crippen MR) is 73.9 cm³/mol. The molecule has 0 unspecified atom stereocenters. The molecule has 1 heterocycles. The van der Waals surface area contributed by atoms with Gasteiger partial charge >= 0.3 is 5.97 Å². The van der Waals surface area contributed by atoms with Gasteiger partial charge in [0.2, 0.25) is 0 Å². The van der Waals surface area contributed by atoms with Gasteiger partial charge in [0.15, 0.2) is 5.03 Å². The molecule has 1 aromatic heterocycles. The number of aliphatic carboxylic acids is 1. The molecule has 0 aliphatic rings. The molecule has 1 aromatic rings. The van der Waals surface area contributed by atoms with Crippen molar-refractivity contribution in [3.8, 4) is 0 Å². The maximum Gasteiger partial charge on any atom is 0.303 e. The van der Waals surface area contributed by atoms with Gasteiger partial charge < -0.3 is 10.1 Å². The third-order valence-electron chi connectivity index (χ3n) is 2.87. The van der Waals surface area contributed by atoms with Crippen LogP contribution >= 0.6 is 0 Å². The normalized spacial score (nSPS) is 12.2. The van der Waals surface area contributed by atoms with E-state index in [0.717, 1.165) is 0 Å². The Morgan fingerprint density at radius 1 is 1.50 bits per heavy atom. The topological polar surface area (TPSA) is 103 Å². The van der Waals surface area contributed by atoms with E-state index in [4.69, 9.17) is 5.11 Å². The first-order valence-corrected chi connectivity index (χ1v) is 8.00. The zero-order valence-electron chi connectivity index (χ0n) is 12.0. The van der Waals surface area contributed by atoms with Gasteiger partial charge in [0.25, 0.3) is 10.0 Å². The lowest BCUT2D eigenvalue weighted by molar-refractivity contribution is -0.137. The second-order valence-electron chi connectivity index (χ2n) is 4.75. The predicted octanol–water partition coefficient (Wildman–Crippen LogP) is 1.24. The smallest absolute Gasteiger partial charge is 0.303 e. The molecule has 1 rings (SSSR count). The number of aromatic amines is 1. The number of aryl methyl sites for hydroxylation is 1. The van der Waals surface area contributed by atoms with Gasteiger partial charge in [0.1, 0.15) is 5.82 Å². The van der Waals surface area contributed by atoms with E-state index in [9.17, 15) is 13.2 Å². The van der Waals surface area contributed by atoms with Crippen molar-refractivity contribution in [2.24, 2.45) is 0 Å². The van der Waals surface area contributed by atoms with Gasteiger partial charge in [-0.3, -0.25) is 4.79 Å². The van der Waals surface area contributed by atoms with Crippen LogP contribution in [0.4, 0.5) is 0 Å². The summed E-state index contributed by atoms with van der Waals surface area (Å²) in [5.41, 5.74) is 0. The van der Waals surface area contributed by atoms with E-state index < -0.39 is 16.0 Å². The highest BCUT2D eigenvalue weighted by Crippen LogP contribution is 2.17. The quantitative estimate of drug-likeness (QED) is 0.752. The summed E-state index contributed by atoms with van der Waals surface area (Å²) < 4.78 is 26.3. The molecule has 0 fully saturated rings. The monoisotopic (exact) mass is 303 g/mol. The summed E-state index contributed by atoms with van der Waals surface area (Å²) in [6.45, 7) is 5.57. The molecule has 8 heteroatoms. The Morgan fingerprint density at radius 2 is 2.15 bits per heavy atom. The molecule has 0 spiro atoms. The van der Waals surface area contributed by atoms with Gasteiger partial charge in [0.05, 0.1) is 6.20 Å². The molecule has 114 valence electrons. The number of carboxylic acids is 1. The summed E-state index contributed by atoms with van der Waals surface area (Å²) in [4.78, 5) is 17.3. The van der Waals surface area contributed by atoms with Gasteiger partial charge in [-0.05, 0) is 20.3 Å². The number of aromatic nitrogens is 2. The second kappa shape index (κ2) is 6.85. The third-order valence-corrected chi connectivity index (χ3v) is 4.86. The van der Waals surface area contributed by atoms with Crippen LogP contribution in [0.5, 0.6) is 0 Å². The van der Waals surface area contributed by atoms with Gasteiger partial charge in [-0.25, -0.2) is 13.4 Å². The van der Waals surface area contributed by atoms with Crippen LogP contribution in [0.25, 0.3) is 0 Å². The van der Waals surface area contributed by atoms with Gasteiger partial charge in [-0.2, -0.15) is 4.31 Å². The first-order chi connectivity index (χ1) is 9.28. The number of H-pyrrole nitrogens is 1. The molecule has 0 radical (unpaired) electrons. The number of hydrogen-bond donors (Lipinski definition) is 2. The lowest BCUT2D eigenvalue weighted by Gasteiger charge is -2.24. The van der Waals surface area contributed by atoms with E-state index in [-0.39, 0.29) is 30.5 Å². The van der Waals surface area contributed by atoms with E-state index in [1.54, 1.807) is 13.8 Å². The van der Waals surface area contributed by atoms with E-state index in [0.29, 0.717) is 12.2 Å². The highest BCUT2D eigenvalue weighted by molar-refractivity contribution is 7.89. The number of nitrogens with one attached hydrogen (secondary N) is 1. The number of nitrogens with zero attached hydrogens (tertiary/aromatic N) is 2. The average Bonchev–Trinajstić information content (AvgIpc) is 2.82. The Hall–Kier alpha value is -1.41. The Kier molecular flexibility index (Phi) is 5.70. The molecule has 20 heavy (non-hydrogen) atoms. The molecule has 0 saturated heterocycles. The molecule has 0 bridgehead atoms. The SMILES string of the molecule is CCc1ncc(S(=O)(=O)N(CCCC(=O)O)C(C)C)[nH]1. The molecule has 0 saturated carbocycles. The summed E-state index contributed by atoms with van der Waals surface area (Å²) >= 11 is 0. The molecule has 0 atom stereocenters. The standard InChI is InChI=1S/C12H21N3O4S/c1-4-10-13-8-11(14-10)20(18,19)15(9(2)3)7-5-6-12(16)17/h8-9H,4-7H2,1-3H3,(H,13,14)(H,16,17). The van der Waals surface area contributed by atoms with Crippen molar-refractivity contribution in [2.45, 2.75) is 51.1 Å². The van der Waals surface area contributed by atoms with Crippen LogP contribution in [0.15, 0.2) is 11.2 Å². The Bertz CT molecular complexity index is 551. The van der Waals surface area contributed by atoms with Crippen LogP contribution in [0.1, 0.15) is 39.4 Å². The summed E-state index contributed by atoms with van der Waals surface area (Å²) in [6.07, 6.45) is 2.15. The fourth-order valence-electron chi connectivity index (χ4n) is 1.82. The van der Waals surface area contributed by atoms with E-state index in [2.05, 4.69) is 9.97 Å². The van der Waals surface area contributed by atoms with Crippen molar-refractivity contribution in [1.29, 1.82) is 0 Å². The van der Waals surface area contributed by atoms with E-state index >= 15 is 0 Å². The van der Waals surface area contributed by atoms with E-state index in [1.165, 1.54) is 10.5 Å². The average molecular weight is 303 g/mol. The molecule has 0 aliphatic heterocycles. The summed E-state index contributed by atoms with van der Waals surface area (Å²) in [5.74, 6) is -0.321. The maximum atomic E-state index is 12.5. The van der Waals surface area contributed by atoms with Crippen LogP contribution in [0.2, 0.25) is 0 Å². The molecule has 0 aromatic carbocycles. The van der Waals surface area contributed by atoms with Crippen molar-refractivity contribution in [3.63, 3.8) is 0 Å². The molecular weight excluding hydrogens is 282 g/mol. The highest BCUT2D eigenvalue weighted by Gasteiger charge is 2.28. The second-order valence-corrected chi connectivity index (χ2v) is 6.61. The van der Waals surface area contributed by atoms with Crippen molar-refractivity contribution in [3.05, 3.63) is 12.0 Å². The first-order valence-electron chi connectivity index (χ1n) is 6.56. The number of sulfonamides is 1. The number of carbonyl (C=O) groups is 1. The van der Waals surface area contributed by atoms with Crippen LogP contribution in [-0.4, -0.2) is 46.4 Å². The zero-order valence-corrected chi connectivity index (χ0v) is 12.8. The van der Waals surface area contributed by atoms with E-state index in [1.807, 2.05) is 6.92 Å². The van der Waals surface area contributed by atoms with Gasteiger partial charge in [0, 0.05) is 25.4 Å². The zero-order chi connectivity index (χ0) is 15.3. The number of rotatable bonds is 8. The minimum Gasteiger partial charge on any atom is -0.481 e. The van der Waals surface area contributed by atoms with Crippen LogP contribution in [0, 0.1) is 0 Å². The van der Waals surface area contributed by atoms with Crippen molar-refractivity contribution in [1.82, 2.24) is 14.3 Å². The Labute approximate surface area is 119 Å². The molecule has 2 N–H and O–H groups in total.